The number of carbonyl (C=O) groups is 1. The number of halogens is 1. The van der Waals surface area contributed by atoms with Crippen LogP contribution in [-0.2, 0) is 4.79 Å². The maximum absolute atomic E-state index is 12.2. The number of nitrogens with one attached hydrogen (secondary N) is 2. The summed E-state index contributed by atoms with van der Waals surface area (Å²) in [4.78, 5) is 12.2. The number of hydrogen-bond acceptors (Lipinski definition) is 6. The van der Waals surface area contributed by atoms with E-state index in [1.54, 1.807) is 44.6 Å². The summed E-state index contributed by atoms with van der Waals surface area (Å²) >= 11 is 6.09. The van der Waals surface area contributed by atoms with E-state index in [0.29, 0.717) is 45.9 Å². The van der Waals surface area contributed by atoms with E-state index in [4.69, 9.17) is 30.5 Å². The number of methoxy groups -OCH3 is 4. The van der Waals surface area contributed by atoms with Gasteiger partial charge in [-0.25, -0.2) is 0 Å². The van der Waals surface area contributed by atoms with Crippen LogP contribution < -0.4 is 29.6 Å². The first-order chi connectivity index (χ1) is 13.0. The van der Waals surface area contributed by atoms with Crippen LogP contribution >= 0.6 is 11.6 Å². The van der Waals surface area contributed by atoms with Crippen molar-refractivity contribution in [3.63, 3.8) is 0 Å². The molecule has 0 saturated heterocycles. The van der Waals surface area contributed by atoms with Gasteiger partial charge in [-0.05, 0) is 12.1 Å². The zero-order valence-electron chi connectivity index (χ0n) is 15.7. The van der Waals surface area contributed by atoms with Crippen LogP contribution in [-0.4, -0.2) is 40.9 Å². The van der Waals surface area contributed by atoms with Gasteiger partial charge in [0.05, 0.1) is 44.8 Å². The highest BCUT2D eigenvalue weighted by Gasteiger charge is 2.12. The summed E-state index contributed by atoms with van der Waals surface area (Å²) in [5.74, 6) is 2.10. The summed E-state index contributed by atoms with van der Waals surface area (Å²) in [6.07, 6.45) is 0.239. The number of ether oxygens (including phenoxy) is 4. The van der Waals surface area contributed by atoms with Crippen molar-refractivity contribution in [2.45, 2.75) is 6.42 Å². The van der Waals surface area contributed by atoms with E-state index >= 15 is 0 Å². The van der Waals surface area contributed by atoms with Crippen molar-refractivity contribution in [1.29, 1.82) is 0 Å². The molecule has 0 aliphatic carbocycles. The Labute approximate surface area is 163 Å². The van der Waals surface area contributed by atoms with Crippen molar-refractivity contribution in [3.05, 3.63) is 35.4 Å². The van der Waals surface area contributed by atoms with Gasteiger partial charge in [0.15, 0.2) is 0 Å². The molecular formula is C19H23ClN2O5. The maximum Gasteiger partial charge on any atom is 0.226 e. The summed E-state index contributed by atoms with van der Waals surface area (Å²) in [6, 6.07) is 8.58. The Kier molecular flexibility index (Phi) is 7.43. The molecule has 0 aliphatic rings. The molecular weight excluding hydrogens is 372 g/mol. The Morgan fingerprint density at radius 3 is 2.19 bits per heavy atom. The number of anilines is 2. The lowest BCUT2D eigenvalue weighted by Gasteiger charge is -2.14. The van der Waals surface area contributed by atoms with Gasteiger partial charge in [-0.1, -0.05) is 11.6 Å². The summed E-state index contributed by atoms with van der Waals surface area (Å²) in [6.45, 7) is 0.394. The Bertz CT molecular complexity index is 798. The molecule has 8 heteroatoms. The molecule has 0 saturated carbocycles. The molecule has 2 rings (SSSR count). The average molecular weight is 395 g/mol. The first kappa shape index (κ1) is 20.5. The summed E-state index contributed by atoms with van der Waals surface area (Å²) in [7, 11) is 6.18. The number of carbonyl (C=O) groups excluding carboxylic acids is 1. The zero-order valence-corrected chi connectivity index (χ0v) is 16.5. The van der Waals surface area contributed by atoms with E-state index in [1.165, 1.54) is 14.2 Å². The minimum absolute atomic E-state index is 0.161. The highest BCUT2D eigenvalue weighted by molar-refractivity contribution is 6.32. The van der Waals surface area contributed by atoms with Gasteiger partial charge in [0.25, 0.3) is 0 Å². The Morgan fingerprint density at radius 2 is 1.56 bits per heavy atom. The van der Waals surface area contributed by atoms with Crippen molar-refractivity contribution in [1.82, 2.24) is 0 Å². The average Bonchev–Trinajstić information content (AvgIpc) is 2.68. The van der Waals surface area contributed by atoms with Crippen molar-refractivity contribution >= 4 is 28.9 Å². The molecule has 0 atom stereocenters. The molecule has 2 aromatic rings. The van der Waals surface area contributed by atoms with Gasteiger partial charge in [-0.3, -0.25) is 4.79 Å². The second kappa shape index (κ2) is 9.78. The standard InChI is InChI=1S/C19H23ClN2O5/c1-24-12-5-6-14(17(9-12)26-3)22-19(23)7-8-21-15-11-16(25-2)13(20)10-18(15)27-4/h5-6,9-11,21H,7-8H2,1-4H3,(H,22,23). The second-order valence-electron chi connectivity index (χ2n) is 5.48. The molecule has 2 N–H and O–H groups in total. The van der Waals surface area contributed by atoms with Crippen LogP contribution in [0.2, 0.25) is 5.02 Å². The monoisotopic (exact) mass is 394 g/mol. The predicted molar refractivity (Wildman–Crippen MR) is 106 cm³/mol. The molecule has 0 fully saturated rings. The number of rotatable bonds is 9. The molecule has 0 heterocycles. The molecule has 2 aromatic carbocycles. The first-order valence-electron chi connectivity index (χ1n) is 8.19. The molecule has 0 aliphatic heterocycles. The fourth-order valence-corrected chi connectivity index (χ4v) is 2.65. The van der Waals surface area contributed by atoms with Gasteiger partial charge in [-0.2, -0.15) is 0 Å². The van der Waals surface area contributed by atoms with Crippen molar-refractivity contribution in [2.24, 2.45) is 0 Å². The van der Waals surface area contributed by atoms with Crippen molar-refractivity contribution < 1.29 is 23.7 Å². The first-order valence-corrected chi connectivity index (χ1v) is 8.57. The molecule has 0 radical (unpaired) electrons. The van der Waals surface area contributed by atoms with Crippen molar-refractivity contribution in [3.8, 4) is 23.0 Å². The van der Waals surface area contributed by atoms with E-state index in [2.05, 4.69) is 10.6 Å². The molecule has 1 amide bonds. The molecule has 146 valence electrons. The molecule has 7 nitrogen and oxygen atoms in total. The van der Waals surface area contributed by atoms with E-state index in [0.717, 1.165) is 0 Å². The topological polar surface area (TPSA) is 78.1 Å². The van der Waals surface area contributed by atoms with E-state index in [1.807, 2.05) is 0 Å². The van der Waals surface area contributed by atoms with Crippen molar-refractivity contribution in [2.75, 3.05) is 45.6 Å². The summed E-state index contributed by atoms with van der Waals surface area (Å²) in [5, 5.41) is 6.43. The number of amides is 1. The van der Waals surface area contributed by atoms with E-state index in [-0.39, 0.29) is 12.3 Å². The SMILES string of the molecule is COc1ccc(NC(=O)CCNc2cc(OC)c(Cl)cc2OC)c(OC)c1. The normalized spacial score (nSPS) is 10.1. The quantitative estimate of drug-likeness (QED) is 0.673. The highest BCUT2D eigenvalue weighted by atomic mass is 35.5. The van der Waals surface area contributed by atoms with Gasteiger partial charge < -0.3 is 29.6 Å². The lowest BCUT2D eigenvalue weighted by molar-refractivity contribution is -0.116. The van der Waals surface area contributed by atoms with Gasteiger partial charge in [0, 0.05) is 31.2 Å². The maximum atomic E-state index is 12.2. The Balaban J connectivity index is 1.97. The Morgan fingerprint density at radius 1 is 0.889 bits per heavy atom. The van der Waals surface area contributed by atoms with E-state index in [9.17, 15) is 4.79 Å². The van der Waals surface area contributed by atoms with Crippen LogP contribution in [0.3, 0.4) is 0 Å². The minimum Gasteiger partial charge on any atom is -0.497 e. The van der Waals surface area contributed by atoms with Crippen LogP contribution in [0.1, 0.15) is 6.42 Å². The highest BCUT2D eigenvalue weighted by Crippen LogP contribution is 2.35. The van der Waals surface area contributed by atoms with Gasteiger partial charge >= 0.3 is 0 Å². The number of hydrogen-bond donors (Lipinski definition) is 2. The van der Waals surface area contributed by atoms with Gasteiger partial charge in [0.2, 0.25) is 5.91 Å². The van der Waals surface area contributed by atoms with E-state index < -0.39 is 0 Å². The second-order valence-corrected chi connectivity index (χ2v) is 5.89. The smallest absolute Gasteiger partial charge is 0.226 e. The Hall–Kier alpha value is -2.80. The van der Waals surface area contributed by atoms with Gasteiger partial charge in [0.1, 0.15) is 23.0 Å². The molecule has 0 bridgehead atoms. The fraction of sp³-hybridized carbons (Fsp3) is 0.316. The van der Waals surface area contributed by atoms with Crippen LogP contribution in [0.5, 0.6) is 23.0 Å². The zero-order chi connectivity index (χ0) is 19.8. The van der Waals surface area contributed by atoms with Crippen LogP contribution in [0, 0.1) is 0 Å². The summed E-state index contributed by atoms with van der Waals surface area (Å²) in [5.41, 5.74) is 1.27. The predicted octanol–water partition coefficient (Wildman–Crippen LogP) is 3.82. The fourth-order valence-electron chi connectivity index (χ4n) is 2.42. The lowest BCUT2D eigenvalue weighted by Crippen LogP contribution is -2.17. The molecule has 0 spiro atoms. The third kappa shape index (κ3) is 5.34. The molecule has 0 aromatic heterocycles. The summed E-state index contributed by atoms with van der Waals surface area (Å²) < 4.78 is 20.9. The van der Waals surface area contributed by atoms with Gasteiger partial charge in [-0.15, -0.1) is 0 Å². The molecule has 27 heavy (non-hydrogen) atoms. The van der Waals surface area contributed by atoms with Crippen LogP contribution in [0.15, 0.2) is 30.3 Å². The number of benzene rings is 2. The van der Waals surface area contributed by atoms with Crippen LogP contribution in [0.25, 0.3) is 0 Å². The largest absolute Gasteiger partial charge is 0.497 e. The van der Waals surface area contributed by atoms with Crippen LogP contribution in [0.4, 0.5) is 11.4 Å². The minimum atomic E-state index is -0.161. The lowest BCUT2D eigenvalue weighted by atomic mass is 10.2. The third-order valence-electron chi connectivity index (χ3n) is 3.82. The molecule has 0 unspecified atom stereocenters. The third-order valence-corrected chi connectivity index (χ3v) is 4.12.